The smallest absolute Gasteiger partial charge is 0.475 e. The van der Waals surface area contributed by atoms with Crippen LogP contribution < -0.4 is 10.6 Å². The highest BCUT2D eigenvalue weighted by Gasteiger charge is 2.38. The highest BCUT2D eigenvalue weighted by molar-refractivity contribution is 7.09. The average Bonchev–Trinajstić information content (AvgIpc) is 3.46. The maximum Gasteiger partial charge on any atom is 0.490 e. The van der Waals surface area contributed by atoms with Crippen LogP contribution in [0.2, 0.25) is 0 Å². The summed E-state index contributed by atoms with van der Waals surface area (Å²) in [5.74, 6) is -2.24. The van der Waals surface area contributed by atoms with Crippen LogP contribution in [0.3, 0.4) is 0 Å². The van der Waals surface area contributed by atoms with Gasteiger partial charge in [0.05, 0.1) is 6.04 Å². The summed E-state index contributed by atoms with van der Waals surface area (Å²) in [6.07, 6.45) is 1.19. The molecule has 0 radical (unpaired) electrons. The third-order valence-corrected chi connectivity index (χ3v) is 6.46. The summed E-state index contributed by atoms with van der Waals surface area (Å²) in [5, 5.41) is 9.12. The first kappa shape index (κ1) is 29.3. The first-order valence-electron chi connectivity index (χ1n) is 11.6. The number of nitrogens with two attached hydrogens (primary N) is 1. The number of allylic oxidation sites excluding steroid dienone is 1. The maximum atomic E-state index is 12.8. The van der Waals surface area contributed by atoms with Gasteiger partial charge < -0.3 is 15.7 Å². The minimum atomic E-state index is -5.08. The summed E-state index contributed by atoms with van der Waals surface area (Å²) in [7, 11) is 0. The quantitative estimate of drug-likeness (QED) is 0.449. The van der Waals surface area contributed by atoms with Gasteiger partial charge in [0, 0.05) is 30.0 Å². The summed E-state index contributed by atoms with van der Waals surface area (Å²) in [5.41, 5.74) is 8.36. The lowest BCUT2D eigenvalue weighted by Gasteiger charge is -2.18. The van der Waals surface area contributed by atoms with Gasteiger partial charge in [0.15, 0.2) is 0 Å². The van der Waals surface area contributed by atoms with Crippen molar-refractivity contribution in [1.29, 1.82) is 0 Å². The molecule has 0 saturated carbocycles. The number of ketones is 1. The number of hydrogen-bond acceptors (Lipinski definition) is 5. The fraction of sp³-hybridized carbons (Fsp3) is 0.423. The van der Waals surface area contributed by atoms with Gasteiger partial charge in [-0.25, -0.2) is 4.79 Å². The zero-order chi connectivity index (χ0) is 26.9. The fourth-order valence-corrected chi connectivity index (χ4v) is 4.64. The Kier molecular flexibility index (Phi) is 10.9. The Bertz CT molecular complexity index is 1050. The van der Waals surface area contributed by atoms with Crippen LogP contribution in [0.15, 0.2) is 53.9 Å². The first-order chi connectivity index (χ1) is 16.9. The number of halogens is 3. The number of hydrogen-bond donors (Lipinski definition) is 2. The number of amides is 1. The van der Waals surface area contributed by atoms with Crippen molar-refractivity contribution in [3.63, 3.8) is 0 Å². The third-order valence-electron chi connectivity index (χ3n) is 5.56. The number of carboxylic acid groups (broad SMARTS) is 1. The van der Waals surface area contributed by atoms with E-state index in [1.54, 1.807) is 17.4 Å². The highest BCUT2D eigenvalue weighted by Crippen LogP contribution is 2.28. The van der Waals surface area contributed by atoms with Crippen molar-refractivity contribution in [1.82, 2.24) is 0 Å². The number of carbonyl (C=O) groups is 3. The Balaban J connectivity index is 0.000000572. The number of carbonyl (C=O) groups excluding carboxylic acids is 2. The number of para-hydroxylation sites is 1. The first-order valence-corrected chi connectivity index (χ1v) is 12.4. The Morgan fingerprint density at radius 2 is 1.83 bits per heavy atom. The minimum absolute atomic E-state index is 0.0148. The SMILES string of the molecule is CC(C)C[C@@H](/C=C/C(=O)N1CCc2ccccc21)CC(=O)[C@@H](N)Cc1cccs1.O=C(O)C(F)(F)F. The van der Waals surface area contributed by atoms with Crippen LogP contribution in [0, 0.1) is 11.8 Å². The molecule has 1 aromatic heterocycles. The standard InChI is InChI=1S/C24H30N2O2S.C2HF3O2/c1-17(2)14-18(15-23(27)21(25)16-20-7-5-13-29-20)9-10-24(28)26-12-11-19-6-3-4-8-22(19)26;3-2(4,5)1(6)7/h3-10,13,17-18,21H,11-12,14-16,25H2,1-2H3;(H,6,7)/b10-9+;/t18-,21+;/m1./s1. The number of thiophene rings is 1. The molecule has 1 aromatic carbocycles. The van der Waals surface area contributed by atoms with Crippen LogP contribution in [0.1, 0.15) is 37.1 Å². The van der Waals surface area contributed by atoms with Gasteiger partial charge in [-0.05, 0) is 53.8 Å². The van der Waals surface area contributed by atoms with E-state index in [0.29, 0.717) is 25.3 Å². The minimum Gasteiger partial charge on any atom is -0.475 e. The summed E-state index contributed by atoms with van der Waals surface area (Å²) >= 11 is 1.62. The number of nitrogens with zero attached hydrogens (tertiary/aromatic N) is 1. The fourth-order valence-electron chi connectivity index (χ4n) is 3.88. The van der Waals surface area contributed by atoms with Gasteiger partial charge in [-0.2, -0.15) is 13.2 Å². The summed E-state index contributed by atoms with van der Waals surface area (Å²) < 4.78 is 31.7. The Morgan fingerprint density at radius 3 is 2.42 bits per heavy atom. The van der Waals surface area contributed by atoms with Crippen molar-refractivity contribution in [3.05, 3.63) is 64.4 Å². The number of aliphatic carboxylic acids is 1. The monoisotopic (exact) mass is 524 g/mol. The number of carboxylic acids is 1. The Hall–Kier alpha value is -2.98. The molecule has 2 heterocycles. The normalized spacial score (nSPS) is 14.8. The molecule has 3 rings (SSSR count). The molecule has 36 heavy (non-hydrogen) atoms. The number of Topliss-reactive ketones (excluding diaryl/α,β-unsaturated/α-hetero) is 1. The molecule has 1 aliphatic rings. The molecule has 1 aliphatic heterocycles. The van der Waals surface area contributed by atoms with Crippen molar-refractivity contribution in [3.8, 4) is 0 Å². The second-order valence-electron chi connectivity index (χ2n) is 8.98. The van der Waals surface area contributed by atoms with E-state index >= 15 is 0 Å². The molecule has 0 saturated heterocycles. The zero-order valence-electron chi connectivity index (χ0n) is 20.2. The lowest BCUT2D eigenvalue weighted by Crippen LogP contribution is -2.33. The molecule has 0 fully saturated rings. The van der Waals surface area contributed by atoms with E-state index in [1.807, 2.05) is 46.7 Å². The van der Waals surface area contributed by atoms with Crippen LogP contribution in [-0.2, 0) is 27.2 Å². The van der Waals surface area contributed by atoms with E-state index in [0.717, 1.165) is 23.4 Å². The maximum absolute atomic E-state index is 12.8. The largest absolute Gasteiger partial charge is 0.490 e. The van der Waals surface area contributed by atoms with Crippen molar-refractivity contribution < 1.29 is 32.7 Å². The Morgan fingerprint density at radius 1 is 1.17 bits per heavy atom. The van der Waals surface area contributed by atoms with Crippen LogP contribution in [0.25, 0.3) is 0 Å². The van der Waals surface area contributed by atoms with Gasteiger partial charge in [-0.1, -0.05) is 44.2 Å². The topological polar surface area (TPSA) is 101 Å². The van der Waals surface area contributed by atoms with Crippen LogP contribution in [0.5, 0.6) is 0 Å². The average molecular weight is 525 g/mol. The molecule has 6 nitrogen and oxygen atoms in total. The van der Waals surface area contributed by atoms with E-state index in [4.69, 9.17) is 15.6 Å². The second-order valence-corrected chi connectivity index (χ2v) is 10.0. The molecular weight excluding hydrogens is 493 g/mol. The summed E-state index contributed by atoms with van der Waals surface area (Å²) in [6.45, 7) is 4.98. The van der Waals surface area contributed by atoms with Crippen molar-refractivity contribution >= 4 is 34.7 Å². The van der Waals surface area contributed by atoms with Crippen molar-refractivity contribution in [2.75, 3.05) is 11.4 Å². The molecule has 0 bridgehead atoms. The Labute approximate surface area is 212 Å². The van der Waals surface area contributed by atoms with E-state index in [1.165, 1.54) is 5.56 Å². The molecule has 0 unspecified atom stereocenters. The molecule has 3 N–H and O–H groups in total. The molecule has 1 amide bonds. The third kappa shape index (κ3) is 9.23. The van der Waals surface area contributed by atoms with Crippen molar-refractivity contribution in [2.24, 2.45) is 17.6 Å². The molecular formula is C26H31F3N2O4S. The zero-order valence-corrected chi connectivity index (χ0v) is 21.0. The molecule has 0 spiro atoms. The van der Waals surface area contributed by atoms with Gasteiger partial charge >= 0.3 is 12.1 Å². The summed E-state index contributed by atoms with van der Waals surface area (Å²) in [6, 6.07) is 11.5. The van der Waals surface area contributed by atoms with Crippen LogP contribution in [-0.4, -0.2) is 41.5 Å². The molecule has 10 heteroatoms. The molecule has 2 atom stereocenters. The van der Waals surface area contributed by atoms with Crippen LogP contribution >= 0.6 is 11.3 Å². The highest BCUT2D eigenvalue weighted by atomic mass is 32.1. The van der Waals surface area contributed by atoms with Gasteiger partial charge in [0.25, 0.3) is 5.91 Å². The molecule has 0 aliphatic carbocycles. The van der Waals surface area contributed by atoms with Gasteiger partial charge in [0.2, 0.25) is 0 Å². The van der Waals surface area contributed by atoms with Crippen LogP contribution in [0.4, 0.5) is 18.9 Å². The number of anilines is 1. The molecule has 2 aromatic rings. The van der Waals surface area contributed by atoms with E-state index < -0.39 is 18.2 Å². The number of alkyl halides is 3. The van der Waals surface area contributed by atoms with Gasteiger partial charge in [0.1, 0.15) is 5.78 Å². The van der Waals surface area contributed by atoms with Gasteiger partial charge in [-0.15, -0.1) is 11.3 Å². The van der Waals surface area contributed by atoms with E-state index in [-0.39, 0.29) is 17.6 Å². The number of benzene rings is 1. The predicted molar refractivity (Wildman–Crippen MR) is 134 cm³/mol. The van der Waals surface area contributed by atoms with Gasteiger partial charge in [-0.3, -0.25) is 9.59 Å². The second kappa shape index (κ2) is 13.4. The molecule has 196 valence electrons. The number of rotatable bonds is 9. The van der Waals surface area contributed by atoms with Crippen molar-refractivity contribution in [2.45, 2.75) is 51.7 Å². The lowest BCUT2D eigenvalue weighted by molar-refractivity contribution is -0.192. The summed E-state index contributed by atoms with van der Waals surface area (Å²) in [4.78, 5) is 37.3. The lowest BCUT2D eigenvalue weighted by atomic mass is 9.89. The van der Waals surface area contributed by atoms with E-state index in [2.05, 4.69) is 19.9 Å². The number of fused-ring (bicyclic) bond motifs is 1. The van der Waals surface area contributed by atoms with E-state index in [9.17, 15) is 22.8 Å². The predicted octanol–water partition coefficient (Wildman–Crippen LogP) is 5.02.